The maximum absolute atomic E-state index is 13.6. The molecule has 0 radical (unpaired) electrons. The van der Waals surface area contributed by atoms with E-state index < -0.39 is 77.1 Å². The summed E-state index contributed by atoms with van der Waals surface area (Å²) < 4.78 is 234. The van der Waals surface area contributed by atoms with Crippen molar-refractivity contribution in [2.75, 3.05) is 13.2 Å². The van der Waals surface area contributed by atoms with Crippen molar-refractivity contribution >= 4 is 10.1 Å². The summed E-state index contributed by atoms with van der Waals surface area (Å²) in [5.74, 6) is -15.8. The Balaban J connectivity index is 2.98. The topological polar surface area (TPSA) is 82.1 Å². The molecule has 0 saturated carbocycles. The summed E-state index contributed by atoms with van der Waals surface area (Å²) in [5, 5.41) is 0. The maximum Gasteiger partial charge on any atom is 0.460 e. The van der Waals surface area contributed by atoms with Crippen LogP contribution in [0.4, 0.5) is 65.9 Å². The van der Waals surface area contributed by atoms with Gasteiger partial charge in [-0.1, -0.05) is 17.7 Å². The molecule has 39 heavy (non-hydrogen) atoms. The first-order valence-corrected chi connectivity index (χ1v) is 10.8. The molecule has 1 aromatic rings. The molecule has 1 rings (SSSR count). The number of ether oxygens (including phenoxy) is 3. The zero-order chi connectivity index (χ0) is 31.1. The number of benzene rings is 1. The van der Waals surface area contributed by atoms with Crippen molar-refractivity contribution in [1.82, 2.24) is 0 Å². The molecule has 0 unspecified atom stereocenters. The minimum absolute atomic E-state index is 0.272. The van der Waals surface area contributed by atoms with E-state index in [0.717, 1.165) is 12.1 Å². The Morgan fingerprint density at radius 1 is 0.744 bits per heavy atom. The predicted molar refractivity (Wildman–Crippen MR) is 93.4 cm³/mol. The fourth-order valence-electron chi connectivity index (χ4n) is 2.45. The average Bonchev–Trinajstić information content (AvgIpc) is 2.67. The van der Waals surface area contributed by atoms with E-state index in [1.807, 2.05) is 0 Å². The van der Waals surface area contributed by atoms with Crippen LogP contribution in [0.25, 0.3) is 0 Å². The van der Waals surface area contributed by atoms with Gasteiger partial charge in [0.15, 0.2) is 0 Å². The predicted octanol–water partition coefficient (Wildman–Crippen LogP) is 6.04. The lowest BCUT2D eigenvalue weighted by Crippen LogP contribution is -2.64. The van der Waals surface area contributed by atoms with E-state index >= 15 is 0 Å². The van der Waals surface area contributed by atoms with Gasteiger partial charge in [0.1, 0.15) is 6.61 Å². The molecule has 228 valence electrons. The third-order valence-electron chi connectivity index (χ3n) is 4.27. The lowest BCUT2D eigenvalue weighted by atomic mass is 10.1. The molecule has 0 aliphatic heterocycles. The number of hydrogen-bond acceptors (Lipinski definition) is 5. The Morgan fingerprint density at radius 3 is 1.69 bits per heavy atom. The number of aryl methyl sites for hydroxylation is 1. The fraction of sp³-hybridized carbons (Fsp3) is 0.647. The van der Waals surface area contributed by atoms with Gasteiger partial charge in [0.25, 0.3) is 10.1 Å². The van der Waals surface area contributed by atoms with E-state index in [2.05, 4.69) is 9.47 Å². The quantitative estimate of drug-likeness (QED) is 0.163. The van der Waals surface area contributed by atoms with Crippen LogP contribution in [0.15, 0.2) is 23.1 Å². The Hall–Kier alpha value is -2.04. The van der Waals surface area contributed by atoms with Gasteiger partial charge < -0.3 is 4.74 Å². The van der Waals surface area contributed by atoms with Crippen LogP contribution < -0.4 is 0 Å². The largest absolute Gasteiger partial charge is 0.460 e. The first-order chi connectivity index (χ1) is 17.0. The number of alkyl halides is 15. The number of hydrogen-bond donors (Lipinski definition) is 1. The van der Waals surface area contributed by atoms with E-state index in [-0.39, 0.29) is 5.56 Å². The van der Waals surface area contributed by atoms with Gasteiger partial charge in [-0.3, -0.25) is 4.55 Å². The van der Waals surface area contributed by atoms with Gasteiger partial charge in [-0.25, -0.2) is 9.47 Å². The van der Waals surface area contributed by atoms with Crippen LogP contribution in [-0.4, -0.2) is 68.6 Å². The van der Waals surface area contributed by atoms with Gasteiger partial charge in [-0.2, -0.15) is 74.3 Å². The molecule has 22 heteroatoms. The second-order valence-electron chi connectivity index (χ2n) is 7.43. The van der Waals surface area contributed by atoms with E-state index in [1.54, 1.807) is 0 Å². The second-order valence-corrected chi connectivity index (χ2v) is 8.82. The molecule has 0 amide bonds. The molecule has 1 aromatic carbocycles. The average molecular weight is 630 g/mol. The summed E-state index contributed by atoms with van der Waals surface area (Å²) in [7, 11) is -4.85. The van der Waals surface area contributed by atoms with Crippen molar-refractivity contribution in [2.45, 2.75) is 60.7 Å². The fourth-order valence-corrected chi connectivity index (χ4v) is 3.18. The van der Waals surface area contributed by atoms with Gasteiger partial charge in [0, 0.05) is 0 Å². The van der Waals surface area contributed by atoms with Crippen molar-refractivity contribution in [3.8, 4) is 0 Å². The Morgan fingerprint density at radius 2 is 1.23 bits per heavy atom. The monoisotopic (exact) mass is 630 g/mol. The van der Waals surface area contributed by atoms with Crippen LogP contribution in [0, 0.1) is 6.92 Å². The summed E-state index contributed by atoms with van der Waals surface area (Å²) >= 11 is 0. The molecule has 6 nitrogen and oxygen atoms in total. The van der Waals surface area contributed by atoms with Gasteiger partial charge in [0.05, 0.1) is 11.5 Å². The van der Waals surface area contributed by atoms with Crippen molar-refractivity contribution in [3.63, 3.8) is 0 Å². The van der Waals surface area contributed by atoms with Crippen LogP contribution >= 0.6 is 0 Å². The van der Waals surface area contributed by atoms with Gasteiger partial charge in [-0.05, 0) is 25.0 Å². The van der Waals surface area contributed by atoms with Gasteiger partial charge >= 0.3 is 42.5 Å². The summed E-state index contributed by atoms with van der Waals surface area (Å²) in [6.07, 6.45) is -36.0. The number of rotatable bonds is 13. The smallest absolute Gasteiger partial charge is 0.372 e. The van der Waals surface area contributed by atoms with E-state index in [0.29, 0.717) is 5.56 Å². The third-order valence-corrected chi connectivity index (χ3v) is 5.22. The first kappa shape index (κ1) is 35.0. The van der Waals surface area contributed by atoms with Crippen LogP contribution in [0.5, 0.6) is 0 Å². The lowest BCUT2D eigenvalue weighted by Gasteiger charge is -2.36. The van der Waals surface area contributed by atoms with Crippen molar-refractivity contribution in [3.05, 3.63) is 29.3 Å². The van der Waals surface area contributed by atoms with E-state index in [1.165, 1.54) is 17.7 Å². The molecule has 0 aliphatic rings. The van der Waals surface area contributed by atoms with Crippen molar-refractivity contribution in [1.29, 1.82) is 0 Å². The Kier molecular flexibility index (Phi) is 9.64. The van der Waals surface area contributed by atoms with Crippen LogP contribution in [0.3, 0.4) is 0 Å². The van der Waals surface area contributed by atoms with Gasteiger partial charge in [0.2, 0.25) is 0 Å². The van der Waals surface area contributed by atoms with E-state index in [9.17, 15) is 74.3 Å². The highest BCUT2D eigenvalue weighted by Gasteiger charge is 2.85. The van der Waals surface area contributed by atoms with Crippen molar-refractivity contribution < 1.29 is 93.0 Å². The van der Waals surface area contributed by atoms with Crippen LogP contribution in [-0.2, 0) is 30.7 Å². The molecular formula is C17H13F15O6S. The molecule has 0 heterocycles. The molecular weight excluding hydrogens is 617 g/mol. The molecule has 0 atom stereocenters. The number of halogens is 15. The summed E-state index contributed by atoms with van der Waals surface area (Å²) in [6, 6.07) is 3.18. The summed E-state index contributed by atoms with van der Waals surface area (Å²) in [6.45, 7) is -2.06. The highest BCUT2D eigenvalue weighted by molar-refractivity contribution is 7.85. The van der Waals surface area contributed by atoms with E-state index in [4.69, 9.17) is 4.55 Å². The zero-order valence-corrected chi connectivity index (χ0v) is 19.2. The lowest BCUT2D eigenvalue weighted by molar-refractivity contribution is -0.543. The Labute approximate surface area is 207 Å². The van der Waals surface area contributed by atoms with Crippen LogP contribution in [0.2, 0.25) is 0 Å². The normalized spacial score (nSPS) is 15.1. The maximum atomic E-state index is 13.6. The molecule has 0 saturated heterocycles. The molecule has 1 N–H and O–H groups in total. The molecule has 0 fully saturated rings. The highest BCUT2D eigenvalue weighted by Crippen LogP contribution is 2.55. The minimum atomic E-state index is -7.96. The minimum Gasteiger partial charge on any atom is -0.372 e. The SMILES string of the molecule is Cc1ccc(S(=O)(=O)O)c(CCOCC(F)(F)OC(F)(F)C(F)(F)OC(F)(F)C(F)(F)C(F)(F)C(F)(F)F)c1. The first-order valence-electron chi connectivity index (χ1n) is 9.39. The highest BCUT2D eigenvalue weighted by atomic mass is 32.2. The van der Waals surface area contributed by atoms with Crippen LogP contribution in [0.1, 0.15) is 11.1 Å². The molecule has 0 spiro atoms. The zero-order valence-electron chi connectivity index (χ0n) is 18.4. The van der Waals surface area contributed by atoms with Crippen molar-refractivity contribution in [2.24, 2.45) is 0 Å². The summed E-state index contributed by atoms with van der Waals surface area (Å²) in [5.41, 5.74) is 0.0918. The molecule has 0 bridgehead atoms. The molecule has 0 aromatic heterocycles. The summed E-state index contributed by atoms with van der Waals surface area (Å²) in [4.78, 5) is -0.739. The Bertz CT molecular complexity index is 1120. The third kappa shape index (κ3) is 7.79. The standard InChI is InChI=1S/C17H13F15O6S/c1-8-2-3-10(39(33,34)35)9(6-8)4-5-36-7-11(18,19)37-16(29,30)17(31,32)38-15(27,28)13(22,23)12(20,21)14(24,25)26/h2-3,6H,4-5,7H2,1H3,(H,33,34,35). The second kappa shape index (κ2) is 10.7. The molecule has 0 aliphatic carbocycles. The van der Waals surface area contributed by atoms with Gasteiger partial charge in [-0.15, -0.1) is 0 Å².